The predicted octanol–water partition coefficient (Wildman–Crippen LogP) is 0.665. The lowest BCUT2D eigenvalue weighted by Gasteiger charge is -2.20. The molecule has 1 fully saturated rings. The van der Waals surface area contributed by atoms with Gasteiger partial charge in [-0.25, -0.2) is 9.37 Å². The molecule has 0 aliphatic carbocycles. The summed E-state index contributed by atoms with van der Waals surface area (Å²) in [6.45, 7) is 2.22. The zero-order valence-corrected chi connectivity index (χ0v) is 9.36. The Morgan fingerprint density at radius 1 is 1.47 bits per heavy atom. The van der Waals surface area contributed by atoms with Crippen molar-refractivity contribution in [3.8, 4) is 0 Å². The monoisotopic (exact) mass is 239 g/mol. The lowest BCUT2D eigenvalue weighted by atomic mass is 10.2. The molecule has 2 rings (SSSR count). The van der Waals surface area contributed by atoms with Gasteiger partial charge in [0.05, 0.1) is 18.4 Å². The van der Waals surface area contributed by atoms with Crippen LogP contribution in [0.3, 0.4) is 0 Å². The van der Waals surface area contributed by atoms with Crippen molar-refractivity contribution >= 4 is 11.7 Å². The third-order valence-corrected chi connectivity index (χ3v) is 2.63. The maximum atomic E-state index is 13.0. The average Bonchev–Trinajstić information content (AvgIpc) is 2.60. The normalized spacial score (nSPS) is 16.6. The van der Waals surface area contributed by atoms with Gasteiger partial charge in [-0.1, -0.05) is 0 Å². The SMILES string of the molecule is Nc1ncc(F)cc1C(=O)N1CCCOCC1. The van der Waals surface area contributed by atoms with Gasteiger partial charge in [0.2, 0.25) is 0 Å². The van der Waals surface area contributed by atoms with Crippen LogP contribution >= 0.6 is 0 Å². The zero-order valence-electron chi connectivity index (χ0n) is 9.36. The molecule has 1 saturated heterocycles. The molecule has 6 heteroatoms. The topological polar surface area (TPSA) is 68.5 Å². The minimum Gasteiger partial charge on any atom is -0.383 e. The molecule has 1 aromatic heterocycles. The van der Waals surface area contributed by atoms with Gasteiger partial charge in [-0.15, -0.1) is 0 Å². The van der Waals surface area contributed by atoms with E-state index in [1.165, 1.54) is 0 Å². The molecule has 0 bridgehead atoms. The number of rotatable bonds is 1. The highest BCUT2D eigenvalue weighted by Gasteiger charge is 2.20. The maximum Gasteiger partial charge on any atom is 0.257 e. The van der Waals surface area contributed by atoms with Gasteiger partial charge in [0, 0.05) is 19.7 Å². The molecule has 92 valence electrons. The van der Waals surface area contributed by atoms with Crippen LogP contribution in [0.1, 0.15) is 16.8 Å². The molecule has 2 heterocycles. The molecule has 5 nitrogen and oxygen atoms in total. The minimum absolute atomic E-state index is 0.0570. The number of ether oxygens (including phenoxy) is 1. The van der Waals surface area contributed by atoms with Crippen molar-refractivity contribution in [1.82, 2.24) is 9.88 Å². The molecule has 1 aromatic rings. The van der Waals surface area contributed by atoms with E-state index < -0.39 is 5.82 Å². The van der Waals surface area contributed by atoms with Crippen LogP contribution in [-0.4, -0.2) is 42.1 Å². The second-order valence-electron chi connectivity index (χ2n) is 3.84. The summed E-state index contributed by atoms with van der Waals surface area (Å²) in [5.41, 5.74) is 5.70. The number of nitrogens with zero attached hydrogens (tertiary/aromatic N) is 2. The molecular weight excluding hydrogens is 225 g/mol. The number of hydrogen-bond donors (Lipinski definition) is 1. The number of pyridine rings is 1. The standard InChI is InChI=1S/C11H14FN3O2/c12-8-6-9(10(13)14-7-8)11(16)15-2-1-4-17-5-3-15/h6-7H,1-5H2,(H2,13,14). The van der Waals surface area contributed by atoms with Crippen LogP contribution in [-0.2, 0) is 4.74 Å². The molecule has 0 radical (unpaired) electrons. The Kier molecular flexibility index (Phi) is 3.53. The molecule has 1 amide bonds. The number of anilines is 1. The van der Waals surface area contributed by atoms with Crippen molar-refractivity contribution in [3.05, 3.63) is 23.6 Å². The summed E-state index contributed by atoms with van der Waals surface area (Å²) in [5.74, 6) is -0.796. The van der Waals surface area contributed by atoms with Crippen LogP contribution in [0.5, 0.6) is 0 Å². The van der Waals surface area contributed by atoms with Gasteiger partial charge in [-0.3, -0.25) is 4.79 Å². The largest absolute Gasteiger partial charge is 0.383 e. The number of amides is 1. The number of hydrogen-bond acceptors (Lipinski definition) is 4. The highest BCUT2D eigenvalue weighted by molar-refractivity contribution is 5.98. The second kappa shape index (κ2) is 5.09. The Hall–Kier alpha value is -1.69. The second-order valence-corrected chi connectivity index (χ2v) is 3.84. The van der Waals surface area contributed by atoms with E-state index in [1.54, 1.807) is 4.90 Å². The summed E-state index contributed by atoms with van der Waals surface area (Å²) in [4.78, 5) is 17.4. The van der Waals surface area contributed by atoms with E-state index in [2.05, 4.69) is 4.98 Å². The van der Waals surface area contributed by atoms with Crippen molar-refractivity contribution in [3.63, 3.8) is 0 Å². The Balaban J connectivity index is 2.20. The van der Waals surface area contributed by atoms with Crippen molar-refractivity contribution < 1.29 is 13.9 Å². The molecule has 0 spiro atoms. The zero-order chi connectivity index (χ0) is 12.3. The van der Waals surface area contributed by atoms with Gasteiger partial charge >= 0.3 is 0 Å². The number of halogens is 1. The van der Waals surface area contributed by atoms with E-state index in [0.717, 1.165) is 18.7 Å². The molecule has 0 unspecified atom stereocenters. The minimum atomic E-state index is -0.561. The van der Waals surface area contributed by atoms with Gasteiger partial charge in [0.15, 0.2) is 0 Å². The van der Waals surface area contributed by atoms with E-state index >= 15 is 0 Å². The fourth-order valence-corrected chi connectivity index (χ4v) is 1.74. The van der Waals surface area contributed by atoms with Gasteiger partial charge in [-0.2, -0.15) is 0 Å². The maximum absolute atomic E-state index is 13.0. The van der Waals surface area contributed by atoms with Crippen molar-refractivity contribution in [2.75, 3.05) is 32.0 Å². The van der Waals surface area contributed by atoms with Crippen LogP contribution in [0.4, 0.5) is 10.2 Å². The van der Waals surface area contributed by atoms with Crippen LogP contribution in [0.15, 0.2) is 12.3 Å². The highest BCUT2D eigenvalue weighted by Crippen LogP contribution is 2.14. The quantitative estimate of drug-likeness (QED) is 0.782. The lowest BCUT2D eigenvalue weighted by molar-refractivity contribution is 0.0741. The van der Waals surface area contributed by atoms with Gasteiger partial charge in [0.25, 0.3) is 5.91 Å². The Morgan fingerprint density at radius 2 is 2.29 bits per heavy atom. The fraction of sp³-hybridized carbons (Fsp3) is 0.455. The first-order chi connectivity index (χ1) is 8.18. The van der Waals surface area contributed by atoms with Crippen LogP contribution in [0.25, 0.3) is 0 Å². The first kappa shape index (κ1) is 11.8. The third-order valence-electron chi connectivity index (χ3n) is 2.63. The van der Waals surface area contributed by atoms with Crippen LogP contribution in [0, 0.1) is 5.82 Å². The van der Waals surface area contributed by atoms with Crippen molar-refractivity contribution in [2.24, 2.45) is 0 Å². The first-order valence-corrected chi connectivity index (χ1v) is 5.46. The van der Waals surface area contributed by atoms with Crippen LogP contribution < -0.4 is 5.73 Å². The molecule has 1 aliphatic heterocycles. The fourth-order valence-electron chi connectivity index (χ4n) is 1.74. The molecular formula is C11H14FN3O2. The molecule has 17 heavy (non-hydrogen) atoms. The Labute approximate surface area is 98.4 Å². The van der Waals surface area contributed by atoms with Crippen molar-refractivity contribution in [1.29, 1.82) is 0 Å². The number of nitrogens with two attached hydrogens (primary N) is 1. The Bertz CT molecular complexity index is 417. The Morgan fingerprint density at radius 3 is 3.12 bits per heavy atom. The summed E-state index contributed by atoms with van der Waals surface area (Å²) in [5, 5.41) is 0. The number of carbonyl (C=O) groups excluding carboxylic acids is 1. The van der Waals surface area contributed by atoms with E-state index in [0.29, 0.717) is 26.3 Å². The van der Waals surface area contributed by atoms with Gasteiger partial charge < -0.3 is 15.4 Å². The molecule has 2 N–H and O–H groups in total. The molecule has 0 saturated carbocycles. The summed E-state index contributed by atoms with van der Waals surface area (Å²) in [6.07, 6.45) is 1.77. The third kappa shape index (κ3) is 2.71. The molecule has 0 aromatic carbocycles. The number of nitrogen functional groups attached to an aromatic ring is 1. The first-order valence-electron chi connectivity index (χ1n) is 5.46. The highest BCUT2D eigenvalue weighted by atomic mass is 19.1. The lowest BCUT2D eigenvalue weighted by Crippen LogP contribution is -2.33. The van der Waals surface area contributed by atoms with E-state index in [9.17, 15) is 9.18 Å². The number of carbonyl (C=O) groups is 1. The van der Waals surface area contributed by atoms with Crippen LogP contribution in [0.2, 0.25) is 0 Å². The van der Waals surface area contributed by atoms with Gasteiger partial charge in [0.1, 0.15) is 11.6 Å². The van der Waals surface area contributed by atoms with E-state index in [4.69, 9.17) is 10.5 Å². The summed E-state index contributed by atoms with van der Waals surface area (Å²) >= 11 is 0. The van der Waals surface area contributed by atoms with E-state index in [-0.39, 0.29) is 17.3 Å². The smallest absolute Gasteiger partial charge is 0.257 e. The predicted molar refractivity (Wildman–Crippen MR) is 59.9 cm³/mol. The summed E-state index contributed by atoms with van der Waals surface area (Å²) in [6, 6.07) is 1.12. The summed E-state index contributed by atoms with van der Waals surface area (Å²) in [7, 11) is 0. The molecule has 1 aliphatic rings. The average molecular weight is 239 g/mol. The number of aromatic nitrogens is 1. The van der Waals surface area contributed by atoms with Crippen molar-refractivity contribution in [2.45, 2.75) is 6.42 Å². The van der Waals surface area contributed by atoms with Gasteiger partial charge in [-0.05, 0) is 12.5 Å². The molecule has 0 atom stereocenters. The summed E-state index contributed by atoms with van der Waals surface area (Å²) < 4.78 is 18.3. The van der Waals surface area contributed by atoms with E-state index in [1.807, 2.05) is 0 Å².